The van der Waals surface area contributed by atoms with Crippen LogP contribution in [-0.4, -0.2) is 72.4 Å². The summed E-state index contributed by atoms with van der Waals surface area (Å²) in [6.07, 6.45) is 2.57. The lowest BCUT2D eigenvalue weighted by atomic mass is 9.73. The van der Waals surface area contributed by atoms with Gasteiger partial charge in [0.15, 0.2) is 0 Å². The molecule has 4 atom stereocenters. The Morgan fingerprint density at radius 2 is 2.34 bits per heavy atom. The Kier molecular flexibility index (Phi) is 7.26. The molecule has 0 radical (unpaired) electrons. The zero-order valence-electron chi connectivity index (χ0n) is 17.3. The zero-order chi connectivity index (χ0) is 21.0. The maximum absolute atomic E-state index is 11.8. The number of likely N-dealkylation sites (tertiary alicyclic amines) is 1. The molecule has 29 heavy (non-hydrogen) atoms. The van der Waals surface area contributed by atoms with E-state index in [4.69, 9.17) is 24.4 Å². The first-order valence-electron chi connectivity index (χ1n) is 10.1. The molecule has 3 aliphatic rings. The Morgan fingerprint density at radius 1 is 1.59 bits per heavy atom. The van der Waals surface area contributed by atoms with Crippen molar-refractivity contribution in [2.45, 2.75) is 50.9 Å². The summed E-state index contributed by atoms with van der Waals surface area (Å²) in [5, 5.41) is 13.3. The van der Waals surface area contributed by atoms with E-state index in [1.807, 2.05) is 0 Å². The molecule has 2 N–H and O–H groups in total. The predicted molar refractivity (Wildman–Crippen MR) is 109 cm³/mol. The van der Waals surface area contributed by atoms with Crippen molar-refractivity contribution in [3.63, 3.8) is 0 Å². The lowest BCUT2D eigenvalue weighted by Crippen LogP contribution is -2.42. The summed E-state index contributed by atoms with van der Waals surface area (Å²) in [7, 11) is 1.55. The molecule has 4 heterocycles. The van der Waals surface area contributed by atoms with Crippen LogP contribution in [-0.2, 0) is 25.6 Å². The molecule has 162 valence electrons. The molecular formula is C20H31N3O5S. The van der Waals surface area contributed by atoms with Gasteiger partial charge in [0.2, 0.25) is 5.91 Å². The van der Waals surface area contributed by atoms with E-state index >= 15 is 0 Å². The van der Waals surface area contributed by atoms with Crippen LogP contribution in [0.1, 0.15) is 43.3 Å². The van der Waals surface area contributed by atoms with E-state index in [-0.39, 0.29) is 24.6 Å². The van der Waals surface area contributed by atoms with Crippen molar-refractivity contribution in [3.8, 4) is 0 Å². The van der Waals surface area contributed by atoms with E-state index in [9.17, 15) is 4.79 Å². The van der Waals surface area contributed by atoms with Crippen molar-refractivity contribution in [2.24, 2.45) is 11.8 Å². The number of carbonyl (C=O) groups is 2. The number of thiazole rings is 1. The zero-order valence-corrected chi connectivity index (χ0v) is 18.1. The van der Waals surface area contributed by atoms with Gasteiger partial charge in [-0.2, -0.15) is 0 Å². The molecule has 3 aliphatic heterocycles. The van der Waals surface area contributed by atoms with E-state index in [0.29, 0.717) is 30.4 Å². The summed E-state index contributed by atoms with van der Waals surface area (Å²) >= 11 is 1.77. The topological polar surface area (TPSA) is 101 Å². The molecular weight excluding hydrogens is 394 g/mol. The normalized spacial score (nSPS) is 30.1. The van der Waals surface area contributed by atoms with Gasteiger partial charge in [0.05, 0.1) is 23.9 Å². The van der Waals surface area contributed by atoms with Crippen molar-refractivity contribution in [2.75, 3.05) is 33.4 Å². The molecule has 8 nitrogen and oxygen atoms in total. The molecule has 0 unspecified atom stereocenters. The van der Waals surface area contributed by atoms with Crippen molar-refractivity contribution in [1.29, 1.82) is 0 Å². The number of nitrogens with zero attached hydrogens (tertiary/aromatic N) is 2. The lowest BCUT2D eigenvalue weighted by Gasteiger charge is -2.29. The summed E-state index contributed by atoms with van der Waals surface area (Å²) in [5.74, 6) is 1.37. The van der Waals surface area contributed by atoms with Crippen molar-refractivity contribution < 1.29 is 24.2 Å². The number of carboxylic acid groups (broad SMARTS) is 1. The fraction of sp³-hybridized carbons (Fsp3) is 0.750. The van der Waals surface area contributed by atoms with E-state index in [0.717, 1.165) is 32.5 Å². The maximum atomic E-state index is 11.8. The summed E-state index contributed by atoms with van der Waals surface area (Å²) in [6, 6.07) is 0. The number of hydrogen-bond acceptors (Lipinski definition) is 7. The molecule has 1 spiro atoms. The second-order valence-corrected chi connectivity index (χ2v) is 9.31. The van der Waals surface area contributed by atoms with Gasteiger partial charge in [0, 0.05) is 44.0 Å². The monoisotopic (exact) mass is 425 g/mol. The predicted octanol–water partition coefficient (Wildman–Crippen LogP) is 1.71. The molecule has 0 aliphatic carbocycles. The van der Waals surface area contributed by atoms with Gasteiger partial charge in [0.25, 0.3) is 6.47 Å². The second-order valence-electron chi connectivity index (χ2n) is 8.36. The van der Waals surface area contributed by atoms with Crippen LogP contribution < -0.4 is 5.32 Å². The minimum absolute atomic E-state index is 0.000541. The Labute approximate surface area is 175 Å². The number of aromatic nitrogens is 1. The Morgan fingerprint density at radius 3 is 3.00 bits per heavy atom. The van der Waals surface area contributed by atoms with Crippen LogP contribution in [0.25, 0.3) is 0 Å². The molecule has 0 aromatic carbocycles. The van der Waals surface area contributed by atoms with Crippen LogP contribution in [0.4, 0.5) is 0 Å². The fourth-order valence-corrected chi connectivity index (χ4v) is 5.95. The molecule has 1 amide bonds. The largest absolute Gasteiger partial charge is 0.483 e. The lowest BCUT2D eigenvalue weighted by molar-refractivity contribution is -0.125. The van der Waals surface area contributed by atoms with Gasteiger partial charge in [-0.05, 0) is 18.8 Å². The van der Waals surface area contributed by atoms with E-state index in [1.165, 1.54) is 10.7 Å². The Balaban J connectivity index is 0.000000755. The van der Waals surface area contributed by atoms with Gasteiger partial charge < -0.3 is 19.9 Å². The Bertz CT molecular complexity index is 712. The summed E-state index contributed by atoms with van der Waals surface area (Å²) in [4.78, 5) is 27.4. The third-order valence-electron chi connectivity index (χ3n) is 6.18. The first-order valence-corrected chi connectivity index (χ1v) is 11.0. The number of ether oxygens (including phenoxy) is 2. The van der Waals surface area contributed by atoms with E-state index < -0.39 is 0 Å². The average molecular weight is 426 g/mol. The van der Waals surface area contributed by atoms with Crippen LogP contribution in [0.3, 0.4) is 0 Å². The molecule has 3 fully saturated rings. The van der Waals surface area contributed by atoms with Crippen molar-refractivity contribution >= 4 is 23.7 Å². The van der Waals surface area contributed by atoms with Crippen molar-refractivity contribution in [1.82, 2.24) is 15.2 Å². The molecule has 0 saturated carbocycles. The number of hydrogen-bond donors (Lipinski definition) is 2. The summed E-state index contributed by atoms with van der Waals surface area (Å²) in [5.41, 5.74) is 1.19. The number of carbonyl (C=O) groups excluding carboxylic acids is 1. The minimum Gasteiger partial charge on any atom is -0.483 e. The Hall–Kier alpha value is -1.55. The highest BCUT2D eigenvalue weighted by atomic mass is 32.1. The van der Waals surface area contributed by atoms with Gasteiger partial charge in [0.1, 0.15) is 11.6 Å². The quantitative estimate of drug-likeness (QED) is 0.641. The number of nitrogens with one attached hydrogen (secondary N) is 1. The molecule has 1 aromatic heterocycles. The van der Waals surface area contributed by atoms with Crippen LogP contribution in [0.2, 0.25) is 0 Å². The highest BCUT2D eigenvalue weighted by Crippen LogP contribution is 2.54. The molecule has 4 rings (SSSR count). The fourth-order valence-electron chi connectivity index (χ4n) is 4.95. The van der Waals surface area contributed by atoms with E-state index in [1.54, 1.807) is 18.4 Å². The van der Waals surface area contributed by atoms with Gasteiger partial charge in [-0.1, -0.05) is 13.8 Å². The third-order valence-corrected chi connectivity index (χ3v) is 7.04. The van der Waals surface area contributed by atoms with Gasteiger partial charge in [-0.25, -0.2) is 4.98 Å². The standard InChI is InChI=1S/C19H29N3O3S.CH2O2/c1-12(2)15-10-26-18(21-15)8-22-7-14-13(6-20-17(23)9-24-3)16-4-5-19(14,11-22)25-16;2-1-3/h10,12-14,16H,4-9,11H2,1-3H3,(H,20,23);1H,(H,2,3)/t13-,14+,16+,19+;/m0./s1. The second kappa shape index (κ2) is 9.51. The number of fused-ring (bicyclic) bond motifs is 1. The minimum atomic E-state index is -0.250. The number of rotatable bonds is 7. The number of amides is 1. The van der Waals surface area contributed by atoms with Crippen LogP contribution in [0.5, 0.6) is 0 Å². The first-order chi connectivity index (χ1) is 13.9. The van der Waals surface area contributed by atoms with Crippen LogP contribution in [0.15, 0.2) is 5.38 Å². The average Bonchev–Trinajstić information content (AvgIpc) is 3.41. The molecule has 1 aromatic rings. The highest BCUT2D eigenvalue weighted by Gasteiger charge is 2.62. The van der Waals surface area contributed by atoms with Gasteiger partial charge in [-0.15, -0.1) is 11.3 Å². The third kappa shape index (κ3) is 4.79. The number of methoxy groups -OCH3 is 1. The summed E-state index contributed by atoms with van der Waals surface area (Å²) in [6.45, 7) is 7.89. The maximum Gasteiger partial charge on any atom is 0.290 e. The first kappa shape index (κ1) is 22.1. The summed E-state index contributed by atoms with van der Waals surface area (Å²) < 4.78 is 11.4. The molecule has 2 bridgehead atoms. The SMILES string of the molecule is COCC(=O)NC[C@H]1[C@H]2CN(Cc3nc(C(C)C)cs3)C[C@]23CC[C@H]1O3.O=CO. The smallest absolute Gasteiger partial charge is 0.290 e. The molecule has 3 saturated heterocycles. The van der Waals surface area contributed by atoms with Gasteiger partial charge in [-0.3, -0.25) is 14.5 Å². The van der Waals surface area contributed by atoms with E-state index in [2.05, 4.69) is 29.4 Å². The molecule has 9 heteroatoms. The van der Waals surface area contributed by atoms with Crippen LogP contribution in [0, 0.1) is 11.8 Å². The van der Waals surface area contributed by atoms with Crippen molar-refractivity contribution in [3.05, 3.63) is 16.1 Å². The highest BCUT2D eigenvalue weighted by molar-refractivity contribution is 7.09. The van der Waals surface area contributed by atoms with Gasteiger partial charge >= 0.3 is 0 Å². The van der Waals surface area contributed by atoms with Crippen LogP contribution >= 0.6 is 11.3 Å².